The number of carbonyl (C=O) groups is 2. The zero-order chi connectivity index (χ0) is 18.1. The molecule has 1 aromatic carbocycles. The van der Waals surface area contributed by atoms with Crippen molar-refractivity contribution >= 4 is 56.3 Å². The molecule has 2 aromatic rings. The number of imide groups is 1. The van der Waals surface area contributed by atoms with Crippen LogP contribution in [0, 0.1) is 6.92 Å². The minimum atomic E-state index is -0.318. The molecule has 1 aliphatic rings. The summed E-state index contributed by atoms with van der Waals surface area (Å²) in [6.07, 6.45) is 3.31. The van der Waals surface area contributed by atoms with Gasteiger partial charge in [0.05, 0.1) is 23.2 Å². The summed E-state index contributed by atoms with van der Waals surface area (Å²) in [5, 5.41) is 1.27. The van der Waals surface area contributed by atoms with Crippen molar-refractivity contribution in [3.05, 3.63) is 38.3 Å². The van der Waals surface area contributed by atoms with Gasteiger partial charge in [0, 0.05) is 11.5 Å². The molecule has 0 saturated carbocycles. The number of likely N-dealkylation sites (N-methyl/N-ethyl adjacent to an activating group) is 1. The van der Waals surface area contributed by atoms with E-state index < -0.39 is 0 Å². The minimum Gasteiger partial charge on any atom is -0.493 e. The van der Waals surface area contributed by atoms with E-state index in [2.05, 4.69) is 20.9 Å². The molecule has 0 atom stereocenters. The topological polar surface area (TPSA) is 68.7 Å². The largest absolute Gasteiger partial charge is 0.493 e. The van der Waals surface area contributed by atoms with Crippen molar-refractivity contribution in [1.29, 1.82) is 0 Å². The predicted octanol–water partition coefficient (Wildman–Crippen LogP) is 5.32. The van der Waals surface area contributed by atoms with Crippen LogP contribution < -0.4 is 9.47 Å². The van der Waals surface area contributed by atoms with Gasteiger partial charge in [0.15, 0.2) is 11.5 Å². The second kappa shape index (κ2) is 8.24. The molecule has 1 aromatic heterocycles. The van der Waals surface area contributed by atoms with Crippen LogP contribution in [0.5, 0.6) is 16.6 Å². The van der Waals surface area contributed by atoms with Crippen molar-refractivity contribution in [1.82, 2.24) is 9.88 Å². The van der Waals surface area contributed by atoms with Crippen molar-refractivity contribution in [3.8, 4) is 16.6 Å². The summed E-state index contributed by atoms with van der Waals surface area (Å²) in [6, 6.07) is 3.51. The zero-order valence-electron chi connectivity index (χ0n) is 13.5. The van der Waals surface area contributed by atoms with E-state index in [0.717, 1.165) is 21.7 Å². The molecule has 6 nitrogen and oxygen atoms in total. The molecule has 9 heteroatoms. The van der Waals surface area contributed by atoms with E-state index in [0.29, 0.717) is 31.5 Å². The summed E-state index contributed by atoms with van der Waals surface area (Å²) in [6.45, 7) is 1.90. The summed E-state index contributed by atoms with van der Waals surface area (Å²) in [7, 11) is 3.00. The lowest BCUT2D eigenvalue weighted by Gasteiger charge is -2.11. The van der Waals surface area contributed by atoms with Gasteiger partial charge in [-0.1, -0.05) is 34.7 Å². The fraction of sp³-hybridized carbons (Fsp3) is 0.235. The van der Waals surface area contributed by atoms with Crippen molar-refractivity contribution in [2.24, 2.45) is 0 Å². The summed E-state index contributed by atoms with van der Waals surface area (Å²) >= 11 is 5.81. The molecule has 2 heterocycles. The number of aryl methyl sites for hydroxylation is 1. The second-order valence-electron chi connectivity index (χ2n) is 5.07. The van der Waals surface area contributed by atoms with Crippen molar-refractivity contribution in [2.45, 2.75) is 14.4 Å². The Hall–Kier alpha value is -1.84. The summed E-state index contributed by atoms with van der Waals surface area (Å²) in [5.41, 5.74) is 0.712. The van der Waals surface area contributed by atoms with Crippen LogP contribution in [0.3, 0.4) is 0 Å². The molecule has 0 unspecified atom stereocenters. The highest BCUT2D eigenvalue weighted by atomic mass is 79.9. The van der Waals surface area contributed by atoms with Gasteiger partial charge in [-0.15, -0.1) is 0 Å². The fourth-order valence-electron chi connectivity index (χ4n) is 2.09. The van der Waals surface area contributed by atoms with E-state index >= 15 is 0 Å². The van der Waals surface area contributed by atoms with E-state index in [1.54, 1.807) is 24.4 Å². The SMILES string of the molecule is C.COc1cc(/C=C2\SC(=O)N(C)C2=O)c(Br)cc1Oc1cnc(C)s1. The summed E-state index contributed by atoms with van der Waals surface area (Å²) in [5.74, 6) is 0.719. The third-order valence-electron chi connectivity index (χ3n) is 3.37. The number of nitrogens with zero attached hydrogens (tertiary/aromatic N) is 2. The number of halogens is 1. The van der Waals surface area contributed by atoms with Gasteiger partial charge >= 0.3 is 0 Å². The highest BCUT2D eigenvalue weighted by Crippen LogP contribution is 2.40. The number of thioether (sulfide) groups is 1. The number of hydrogen-bond acceptors (Lipinski definition) is 7. The lowest BCUT2D eigenvalue weighted by Crippen LogP contribution is -2.22. The average molecular weight is 457 g/mol. The maximum atomic E-state index is 12.0. The van der Waals surface area contributed by atoms with Crippen LogP contribution >= 0.6 is 39.0 Å². The standard InChI is InChI=1S/C16H13BrN2O4S2.CH4/c1-8-18-7-14(24-8)23-12-6-10(17)9(4-11(12)22-3)5-13-15(20)19(2)16(21)25-13;/h4-7H,1-3H3;1H4/b13-5-;. The van der Waals surface area contributed by atoms with Gasteiger partial charge in [0.1, 0.15) is 0 Å². The molecule has 26 heavy (non-hydrogen) atoms. The Morgan fingerprint density at radius 3 is 2.54 bits per heavy atom. The Balaban J connectivity index is 0.00000243. The fourth-order valence-corrected chi connectivity index (χ4v) is 3.97. The third-order valence-corrected chi connectivity index (χ3v) is 5.81. The van der Waals surface area contributed by atoms with Crippen molar-refractivity contribution in [2.75, 3.05) is 14.2 Å². The molecular formula is C17H17BrN2O4S2. The highest BCUT2D eigenvalue weighted by Gasteiger charge is 2.32. The van der Waals surface area contributed by atoms with Crippen LogP contribution in [-0.2, 0) is 4.79 Å². The number of rotatable bonds is 4. The van der Waals surface area contributed by atoms with Gasteiger partial charge in [-0.3, -0.25) is 14.5 Å². The minimum absolute atomic E-state index is 0. The van der Waals surface area contributed by atoms with Crippen LogP contribution in [0.1, 0.15) is 18.0 Å². The Morgan fingerprint density at radius 2 is 2.00 bits per heavy atom. The number of ether oxygens (including phenoxy) is 2. The van der Waals surface area contributed by atoms with Gasteiger partial charge in [-0.25, -0.2) is 4.98 Å². The second-order valence-corrected chi connectivity index (χ2v) is 8.11. The first-order valence-corrected chi connectivity index (χ1v) is 9.51. The van der Waals surface area contributed by atoms with E-state index in [-0.39, 0.29) is 18.6 Å². The van der Waals surface area contributed by atoms with Crippen LogP contribution in [0.25, 0.3) is 6.08 Å². The van der Waals surface area contributed by atoms with Crippen LogP contribution in [0.15, 0.2) is 27.7 Å². The Bertz CT molecular complexity index is 895. The molecule has 138 valence electrons. The number of thiazole rings is 1. The van der Waals surface area contributed by atoms with Gasteiger partial charge in [-0.2, -0.15) is 0 Å². The normalized spacial score (nSPS) is 15.4. The average Bonchev–Trinajstić information content (AvgIpc) is 3.08. The van der Waals surface area contributed by atoms with Crippen LogP contribution in [0.4, 0.5) is 4.79 Å². The Morgan fingerprint density at radius 1 is 1.27 bits per heavy atom. The summed E-state index contributed by atoms with van der Waals surface area (Å²) < 4.78 is 11.9. The molecular weight excluding hydrogens is 440 g/mol. The molecule has 1 saturated heterocycles. The molecule has 2 amide bonds. The van der Waals surface area contributed by atoms with Gasteiger partial charge < -0.3 is 9.47 Å². The zero-order valence-corrected chi connectivity index (χ0v) is 16.8. The lowest BCUT2D eigenvalue weighted by atomic mass is 10.2. The summed E-state index contributed by atoms with van der Waals surface area (Å²) in [4.78, 5) is 29.3. The lowest BCUT2D eigenvalue weighted by molar-refractivity contribution is -0.121. The van der Waals surface area contributed by atoms with Crippen molar-refractivity contribution in [3.63, 3.8) is 0 Å². The van der Waals surface area contributed by atoms with Gasteiger partial charge in [-0.05, 0) is 42.5 Å². The Kier molecular flexibility index (Phi) is 6.48. The highest BCUT2D eigenvalue weighted by molar-refractivity contribution is 9.10. The van der Waals surface area contributed by atoms with E-state index in [1.165, 1.54) is 25.5 Å². The molecule has 0 spiro atoms. The smallest absolute Gasteiger partial charge is 0.293 e. The maximum absolute atomic E-state index is 12.0. The quantitative estimate of drug-likeness (QED) is 0.579. The first-order valence-electron chi connectivity index (χ1n) is 7.08. The molecule has 0 radical (unpaired) electrons. The van der Waals surface area contributed by atoms with E-state index in [4.69, 9.17) is 9.47 Å². The number of aromatic nitrogens is 1. The van der Waals surface area contributed by atoms with Gasteiger partial charge in [0.2, 0.25) is 5.06 Å². The molecule has 0 bridgehead atoms. The van der Waals surface area contributed by atoms with Crippen LogP contribution in [-0.4, -0.2) is 35.2 Å². The number of methoxy groups -OCH3 is 1. The van der Waals surface area contributed by atoms with E-state index in [1.807, 2.05) is 6.92 Å². The third kappa shape index (κ3) is 4.11. The first-order chi connectivity index (χ1) is 11.9. The van der Waals surface area contributed by atoms with E-state index in [9.17, 15) is 9.59 Å². The monoisotopic (exact) mass is 456 g/mol. The molecule has 0 N–H and O–H groups in total. The molecule has 0 aliphatic carbocycles. The molecule has 1 fully saturated rings. The maximum Gasteiger partial charge on any atom is 0.293 e. The van der Waals surface area contributed by atoms with Crippen molar-refractivity contribution < 1.29 is 19.1 Å². The number of hydrogen-bond donors (Lipinski definition) is 0. The number of amides is 2. The first kappa shape index (κ1) is 20.5. The van der Waals surface area contributed by atoms with Crippen LogP contribution in [0.2, 0.25) is 0 Å². The molecule has 3 rings (SSSR count). The van der Waals surface area contributed by atoms with Gasteiger partial charge in [0.25, 0.3) is 11.1 Å². The number of benzene rings is 1. The molecule has 1 aliphatic heterocycles. The number of carbonyl (C=O) groups excluding carboxylic acids is 2. The Labute approximate surface area is 168 Å². The predicted molar refractivity (Wildman–Crippen MR) is 108 cm³/mol.